The van der Waals surface area contributed by atoms with Crippen molar-refractivity contribution in [2.24, 2.45) is 0 Å². The number of benzene rings is 2. The first-order valence-corrected chi connectivity index (χ1v) is 11.6. The summed E-state index contributed by atoms with van der Waals surface area (Å²) in [6, 6.07) is 7.94. The highest BCUT2D eigenvalue weighted by atomic mass is 19.4. The lowest BCUT2D eigenvalue weighted by Gasteiger charge is -2.12. The number of unbranched alkanes of at least 4 members (excludes halogenated alkanes) is 1. The zero-order chi connectivity index (χ0) is 26.1. The monoisotopic (exact) mass is 520 g/mol. The molecule has 2 aromatic carbocycles. The standard InChI is InChI=1S/C24H27F3N6O4/c25-24(26,27)37-20-8-17(7-18(9-20)14-34)12-28-3-1-2-4-35-5-6-36-23-11-19(33-15-30-31-16-33)10-22-21(23)13-29-32-22/h7-11,13,15-16,28,34H,1-6,12,14H2,(H,29,32). The Hall–Kier alpha value is -3.68. The molecule has 0 fully saturated rings. The van der Waals surface area contributed by atoms with Crippen LogP contribution in [0.25, 0.3) is 16.6 Å². The van der Waals surface area contributed by atoms with Gasteiger partial charge < -0.3 is 24.6 Å². The van der Waals surface area contributed by atoms with Gasteiger partial charge in [0, 0.05) is 19.2 Å². The highest BCUT2D eigenvalue weighted by Crippen LogP contribution is 2.28. The van der Waals surface area contributed by atoms with Crippen molar-refractivity contribution in [2.75, 3.05) is 26.4 Å². The van der Waals surface area contributed by atoms with E-state index in [0.29, 0.717) is 49.8 Å². The number of aromatic nitrogens is 5. The van der Waals surface area contributed by atoms with E-state index in [-0.39, 0.29) is 12.4 Å². The van der Waals surface area contributed by atoms with E-state index in [1.54, 1.807) is 29.5 Å². The first-order valence-electron chi connectivity index (χ1n) is 11.6. The largest absolute Gasteiger partial charge is 0.573 e. The molecule has 0 spiro atoms. The van der Waals surface area contributed by atoms with Crippen LogP contribution in [0.15, 0.2) is 49.2 Å². The average Bonchev–Trinajstić information content (AvgIpc) is 3.56. The van der Waals surface area contributed by atoms with Crippen LogP contribution < -0.4 is 14.8 Å². The van der Waals surface area contributed by atoms with Crippen molar-refractivity contribution in [1.29, 1.82) is 0 Å². The first-order chi connectivity index (χ1) is 17.9. The molecule has 0 aliphatic heterocycles. The molecule has 0 saturated carbocycles. The lowest BCUT2D eigenvalue weighted by Crippen LogP contribution is -2.18. The highest BCUT2D eigenvalue weighted by molar-refractivity contribution is 5.86. The van der Waals surface area contributed by atoms with Crippen molar-refractivity contribution in [2.45, 2.75) is 32.4 Å². The third-order valence-corrected chi connectivity index (χ3v) is 5.37. The second-order valence-corrected chi connectivity index (χ2v) is 8.18. The van der Waals surface area contributed by atoms with Crippen molar-refractivity contribution in [3.8, 4) is 17.2 Å². The number of ether oxygens (including phenoxy) is 3. The molecule has 0 radical (unpaired) electrons. The van der Waals surface area contributed by atoms with Gasteiger partial charge in [-0.2, -0.15) is 5.10 Å². The van der Waals surface area contributed by atoms with E-state index >= 15 is 0 Å². The van der Waals surface area contributed by atoms with Gasteiger partial charge in [0.2, 0.25) is 0 Å². The van der Waals surface area contributed by atoms with Crippen molar-refractivity contribution in [3.63, 3.8) is 0 Å². The van der Waals surface area contributed by atoms with Gasteiger partial charge in [0.05, 0.1) is 36.0 Å². The molecule has 0 amide bonds. The Morgan fingerprint density at radius 2 is 1.78 bits per heavy atom. The summed E-state index contributed by atoms with van der Waals surface area (Å²) in [5.74, 6) is 0.335. The summed E-state index contributed by atoms with van der Waals surface area (Å²) >= 11 is 0. The quantitative estimate of drug-likeness (QED) is 0.216. The van der Waals surface area contributed by atoms with Crippen LogP contribution in [0.5, 0.6) is 11.5 Å². The zero-order valence-corrected chi connectivity index (χ0v) is 19.9. The molecular weight excluding hydrogens is 493 g/mol. The van der Waals surface area contributed by atoms with Gasteiger partial charge in [-0.3, -0.25) is 9.67 Å². The Morgan fingerprint density at radius 3 is 2.57 bits per heavy atom. The molecule has 0 aliphatic carbocycles. The molecule has 0 saturated heterocycles. The van der Waals surface area contributed by atoms with Crippen molar-refractivity contribution >= 4 is 10.9 Å². The SMILES string of the molecule is OCc1cc(CNCCCCOCCOc2cc(-n3cnnc3)cc3[nH]ncc23)cc(OC(F)(F)F)c1. The van der Waals surface area contributed by atoms with E-state index in [1.807, 2.05) is 12.1 Å². The van der Waals surface area contributed by atoms with E-state index in [9.17, 15) is 18.3 Å². The number of rotatable bonds is 14. The van der Waals surface area contributed by atoms with Gasteiger partial charge in [0.15, 0.2) is 0 Å². The molecule has 13 heteroatoms. The number of alkyl halides is 3. The molecule has 0 aliphatic rings. The summed E-state index contributed by atoms with van der Waals surface area (Å²) in [5, 5.41) is 28.0. The van der Waals surface area contributed by atoms with E-state index in [0.717, 1.165) is 29.4 Å². The lowest BCUT2D eigenvalue weighted by molar-refractivity contribution is -0.274. The Balaban J connectivity index is 1.13. The Kier molecular flexibility index (Phi) is 8.93. The van der Waals surface area contributed by atoms with Crippen LogP contribution in [0.4, 0.5) is 13.2 Å². The summed E-state index contributed by atoms with van der Waals surface area (Å²) in [6.07, 6.45) is 1.76. The third-order valence-electron chi connectivity index (χ3n) is 5.37. The number of H-pyrrole nitrogens is 1. The summed E-state index contributed by atoms with van der Waals surface area (Å²) in [4.78, 5) is 0. The molecule has 10 nitrogen and oxygen atoms in total. The Labute approximate surface area is 210 Å². The van der Waals surface area contributed by atoms with Crippen LogP contribution in [0.1, 0.15) is 24.0 Å². The number of halogens is 3. The molecule has 2 heterocycles. The number of nitrogens with zero attached hydrogens (tertiary/aromatic N) is 4. The van der Waals surface area contributed by atoms with E-state index in [1.165, 1.54) is 12.1 Å². The number of fused-ring (bicyclic) bond motifs is 1. The maximum atomic E-state index is 12.5. The predicted octanol–water partition coefficient (Wildman–Crippen LogP) is 3.50. The van der Waals surface area contributed by atoms with E-state index in [2.05, 4.69) is 30.4 Å². The number of hydrogen-bond donors (Lipinski definition) is 3. The molecule has 37 heavy (non-hydrogen) atoms. The number of nitrogens with one attached hydrogen (secondary N) is 2. The summed E-state index contributed by atoms with van der Waals surface area (Å²) in [6.45, 7) is 1.98. The van der Waals surface area contributed by atoms with Gasteiger partial charge in [-0.05, 0) is 48.7 Å². The normalized spacial score (nSPS) is 11.8. The van der Waals surface area contributed by atoms with E-state index < -0.39 is 6.36 Å². The molecule has 3 N–H and O–H groups in total. The molecule has 4 aromatic rings. The minimum atomic E-state index is -4.78. The summed E-state index contributed by atoms with van der Waals surface area (Å²) < 4.78 is 54.8. The van der Waals surface area contributed by atoms with Gasteiger partial charge >= 0.3 is 6.36 Å². The number of hydrogen-bond acceptors (Lipinski definition) is 8. The van der Waals surface area contributed by atoms with Gasteiger partial charge in [-0.25, -0.2) is 0 Å². The zero-order valence-electron chi connectivity index (χ0n) is 19.9. The third kappa shape index (κ3) is 7.90. The first kappa shape index (κ1) is 26.4. The highest BCUT2D eigenvalue weighted by Gasteiger charge is 2.31. The summed E-state index contributed by atoms with van der Waals surface area (Å²) in [7, 11) is 0. The predicted molar refractivity (Wildman–Crippen MR) is 127 cm³/mol. The topological polar surface area (TPSA) is 119 Å². The number of aromatic amines is 1. The average molecular weight is 521 g/mol. The maximum Gasteiger partial charge on any atom is 0.573 e. The van der Waals surface area contributed by atoms with Gasteiger partial charge in [-0.15, -0.1) is 23.4 Å². The van der Waals surface area contributed by atoms with Gasteiger partial charge in [0.1, 0.15) is 30.8 Å². The molecular formula is C24H27F3N6O4. The number of aliphatic hydroxyl groups excluding tert-OH is 1. The van der Waals surface area contributed by atoms with E-state index in [4.69, 9.17) is 9.47 Å². The Morgan fingerprint density at radius 1 is 0.973 bits per heavy atom. The molecule has 0 bridgehead atoms. The van der Waals surface area contributed by atoms with Crippen molar-refractivity contribution in [3.05, 3.63) is 60.3 Å². The molecule has 2 aromatic heterocycles. The van der Waals surface area contributed by atoms with Crippen LogP contribution in [0, 0.1) is 0 Å². The van der Waals surface area contributed by atoms with Crippen LogP contribution in [-0.4, -0.2) is 62.8 Å². The minimum Gasteiger partial charge on any atom is -0.490 e. The second-order valence-electron chi connectivity index (χ2n) is 8.18. The Bertz CT molecular complexity index is 1260. The van der Waals surface area contributed by atoms with Crippen molar-refractivity contribution < 1.29 is 32.5 Å². The fraction of sp³-hybridized carbons (Fsp3) is 0.375. The van der Waals surface area contributed by atoms with Crippen LogP contribution in [-0.2, 0) is 17.9 Å². The minimum absolute atomic E-state index is 0.342. The van der Waals surface area contributed by atoms with Gasteiger partial charge in [-0.1, -0.05) is 6.07 Å². The van der Waals surface area contributed by atoms with Crippen LogP contribution >= 0.6 is 0 Å². The fourth-order valence-electron chi connectivity index (χ4n) is 3.72. The second kappa shape index (κ2) is 12.5. The molecule has 198 valence electrons. The van der Waals surface area contributed by atoms with Crippen molar-refractivity contribution in [1.82, 2.24) is 30.3 Å². The summed E-state index contributed by atoms with van der Waals surface area (Å²) in [5.41, 5.74) is 2.63. The molecule has 4 rings (SSSR count). The van der Waals surface area contributed by atoms with Gasteiger partial charge in [0.25, 0.3) is 0 Å². The molecule has 0 atom stereocenters. The van der Waals surface area contributed by atoms with Crippen LogP contribution in [0.2, 0.25) is 0 Å². The lowest BCUT2D eigenvalue weighted by atomic mass is 10.1. The smallest absolute Gasteiger partial charge is 0.490 e. The fourth-order valence-corrected chi connectivity index (χ4v) is 3.72. The molecule has 0 unspecified atom stereocenters. The maximum absolute atomic E-state index is 12.5. The number of aliphatic hydroxyl groups is 1. The van der Waals surface area contributed by atoms with Crippen LogP contribution in [0.3, 0.4) is 0 Å².